The standard InChI is InChI=1S/C16H17ClN2O/c17-8-7-16(5-6-16)11-19-15(20)13-3-4-14-12(10-13)2-1-9-18-14/h1-4,9-10H,5-8,11H2,(H,19,20). The molecule has 1 aromatic carbocycles. The summed E-state index contributed by atoms with van der Waals surface area (Å²) in [6.07, 6.45) is 5.07. The number of alkyl halides is 1. The highest BCUT2D eigenvalue weighted by atomic mass is 35.5. The molecule has 0 radical (unpaired) electrons. The summed E-state index contributed by atoms with van der Waals surface area (Å²) in [6.45, 7) is 0.726. The monoisotopic (exact) mass is 288 g/mol. The molecule has 104 valence electrons. The molecule has 0 spiro atoms. The molecular weight excluding hydrogens is 272 g/mol. The SMILES string of the molecule is O=C(NCC1(CCCl)CC1)c1ccc2ncccc2c1. The van der Waals surface area contributed by atoms with Gasteiger partial charge in [0.2, 0.25) is 0 Å². The maximum Gasteiger partial charge on any atom is 0.251 e. The van der Waals surface area contributed by atoms with Crippen LogP contribution >= 0.6 is 11.6 Å². The molecule has 1 fully saturated rings. The first kappa shape index (κ1) is 13.4. The number of carbonyl (C=O) groups is 1. The topological polar surface area (TPSA) is 42.0 Å². The lowest BCUT2D eigenvalue weighted by Crippen LogP contribution is -2.30. The summed E-state index contributed by atoms with van der Waals surface area (Å²) in [7, 11) is 0. The van der Waals surface area contributed by atoms with Crippen LogP contribution in [0.25, 0.3) is 10.9 Å². The lowest BCUT2D eigenvalue weighted by Gasteiger charge is -2.14. The van der Waals surface area contributed by atoms with E-state index in [0.29, 0.717) is 11.4 Å². The third kappa shape index (κ3) is 2.78. The molecule has 1 heterocycles. The van der Waals surface area contributed by atoms with Crippen molar-refractivity contribution < 1.29 is 4.79 Å². The van der Waals surface area contributed by atoms with Gasteiger partial charge in [0.1, 0.15) is 0 Å². The van der Waals surface area contributed by atoms with Gasteiger partial charge in [-0.05, 0) is 48.9 Å². The van der Waals surface area contributed by atoms with Gasteiger partial charge in [-0.2, -0.15) is 0 Å². The van der Waals surface area contributed by atoms with Crippen LogP contribution in [0.1, 0.15) is 29.6 Å². The average Bonchev–Trinajstić information content (AvgIpc) is 3.25. The average molecular weight is 289 g/mol. The molecule has 0 saturated heterocycles. The number of nitrogens with one attached hydrogen (secondary N) is 1. The third-order valence-corrected chi connectivity index (χ3v) is 4.26. The number of halogens is 1. The molecule has 3 nitrogen and oxygen atoms in total. The Hall–Kier alpha value is -1.61. The third-order valence-electron chi connectivity index (χ3n) is 4.07. The number of benzene rings is 1. The quantitative estimate of drug-likeness (QED) is 0.857. The van der Waals surface area contributed by atoms with Crippen molar-refractivity contribution in [3.05, 3.63) is 42.1 Å². The van der Waals surface area contributed by atoms with Crippen LogP contribution in [0.3, 0.4) is 0 Å². The van der Waals surface area contributed by atoms with Crippen LogP contribution in [-0.4, -0.2) is 23.3 Å². The summed E-state index contributed by atoms with van der Waals surface area (Å²) in [5.74, 6) is 0.647. The number of rotatable bonds is 5. The molecule has 1 aliphatic carbocycles. The van der Waals surface area contributed by atoms with E-state index in [2.05, 4.69) is 10.3 Å². The minimum absolute atomic E-state index is 0.0170. The maximum atomic E-state index is 12.2. The van der Waals surface area contributed by atoms with Crippen LogP contribution < -0.4 is 5.32 Å². The first-order chi connectivity index (χ1) is 9.72. The number of carbonyl (C=O) groups excluding carboxylic acids is 1. The zero-order valence-corrected chi connectivity index (χ0v) is 12.0. The van der Waals surface area contributed by atoms with Gasteiger partial charge in [0.25, 0.3) is 5.91 Å². The number of pyridine rings is 1. The summed E-state index contributed by atoms with van der Waals surface area (Å²) < 4.78 is 0. The summed E-state index contributed by atoms with van der Waals surface area (Å²) in [5, 5.41) is 4.02. The molecule has 1 saturated carbocycles. The Kier molecular flexibility index (Phi) is 3.62. The molecule has 1 N–H and O–H groups in total. The fraction of sp³-hybridized carbons (Fsp3) is 0.375. The Morgan fingerprint density at radius 3 is 2.95 bits per heavy atom. The van der Waals surface area contributed by atoms with Crippen molar-refractivity contribution in [2.24, 2.45) is 5.41 Å². The fourth-order valence-electron chi connectivity index (χ4n) is 2.48. The predicted octanol–water partition coefficient (Wildman–Crippen LogP) is 3.37. The van der Waals surface area contributed by atoms with E-state index in [-0.39, 0.29) is 11.3 Å². The lowest BCUT2D eigenvalue weighted by molar-refractivity contribution is 0.0944. The van der Waals surface area contributed by atoms with Crippen molar-refractivity contribution in [3.63, 3.8) is 0 Å². The first-order valence-corrected chi connectivity index (χ1v) is 7.45. The zero-order valence-electron chi connectivity index (χ0n) is 11.2. The maximum absolute atomic E-state index is 12.2. The fourth-order valence-corrected chi connectivity index (χ4v) is 2.88. The van der Waals surface area contributed by atoms with E-state index in [0.717, 1.165) is 23.9 Å². The summed E-state index contributed by atoms with van der Waals surface area (Å²) in [6, 6.07) is 9.44. The Bertz CT molecular complexity index is 637. The van der Waals surface area contributed by atoms with Gasteiger partial charge in [-0.1, -0.05) is 6.07 Å². The van der Waals surface area contributed by atoms with Crippen molar-refractivity contribution in [1.29, 1.82) is 0 Å². The highest BCUT2D eigenvalue weighted by Crippen LogP contribution is 2.48. The van der Waals surface area contributed by atoms with E-state index < -0.39 is 0 Å². The molecule has 20 heavy (non-hydrogen) atoms. The Morgan fingerprint density at radius 1 is 1.35 bits per heavy atom. The highest BCUT2D eigenvalue weighted by molar-refractivity contribution is 6.17. The van der Waals surface area contributed by atoms with Gasteiger partial charge in [-0.3, -0.25) is 9.78 Å². The predicted molar refractivity (Wildman–Crippen MR) is 81.1 cm³/mol. The minimum atomic E-state index is -0.0170. The highest BCUT2D eigenvalue weighted by Gasteiger charge is 2.41. The smallest absolute Gasteiger partial charge is 0.251 e. The van der Waals surface area contributed by atoms with Crippen molar-refractivity contribution in [3.8, 4) is 0 Å². The summed E-state index contributed by atoms with van der Waals surface area (Å²) in [5.41, 5.74) is 1.85. The van der Waals surface area contributed by atoms with Gasteiger partial charge in [0, 0.05) is 29.6 Å². The van der Waals surface area contributed by atoms with Crippen molar-refractivity contribution in [2.75, 3.05) is 12.4 Å². The molecule has 4 heteroatoms. The van der Waals surface area contributed by atoms with Crippen molar-refractivity contribution in [2.45, 2.75) is 19.3 Å². The summed E-state index contributed by atoms with van der Waals surface area (Å²) >= 11 is 5.80. The van der Waals surface area contributed by atoms with E-state index in [1.807, 2.05) is 30.3 Å². The van der Waals surface area contributed by atoms with Crippen LogP contribution in [0.2, 0.25) is 0 Å². The minimum Gasteiger partial charge on any atom is -0.351 e. The number of hydrogen-bond donors (Lipinski definition) is 1. The molecule has 0 bridgehead atoms. The number of hydrogen-bond acceptors (Lipinski definition) is 2. The van der Waals surface area contributed by atoms with E-state index in [9.17, 15) is 4.79 Å². The second kappa shape index (κ2) is 5.41. The Labute approximate surface area is 123 Å². The summed E-state index contributed by atoms with van der Waals surface area (Å²) in [4.78, 5) is 16.5. The van der Waals surface area contributed by atoms with Gasteiger partial charge in [0.05, 0.1) is 5.52 Å². The van der Waals surface area contributed by atoms with Crippen LogP contribution in [0.15, 0.2) is 36.5 Å². The van der Waals surface area contributed by atoms with Gasteiger partial charge in [-0.25, -0.2) is 0 Å². The molecule has 1 amide bonds. The molecule has 0 atom stereocenters. The van der Waals surface area contributed by atoms with E-state index in [4.69, 9.17) is 11.6 Å². The molecule has 3 rings (SSSR count). The van der Waals surface area contributed by atoms with Gasteiger partial charge in [0.15, 0.2) is 0 Å². The van der Waals surface area contributed by atoms with Crippen LogP contribution in [0.4, 0.5) is 0 Å². The number of nitrogens with zero attached hydrogens (tertiary/aromatic N) is 1. The first-order valence-electron chi connectivity index (χ1n) is 6.91. The van der Waals surface area contributed by atoms with E-state index in [1.165, 1.54) is 12.8 Å². The Morgan fingerprint density at radius 2 is 2.20 bits per heavy atom. The molecular formula is C16H17ClN2O. The molecule has 1 aliphatic rings. The van der Waals surface area contributed by atoms with Gasteiger partial charge < -0.3 is 5.32 Å². The Balaban J connectivity index is 1.69. The zero-order chi connectivity index (χ0) is 14.0. The van der Waals surface area contributed by atoms with Crippen LogP contribution in [0, 0.1) is 5.41 Å². The number of fused-ring (bicyclic) bond motifs is 1. The van der Waals surface area contributed by atoms with Crippen molar-refractivity contribution in [1.82, 2.24) is 10.3 Å². The number of aromatic nitrogens is 1. The van der Waals surface area contributed by atoms with Crippen molar-refractivity contribution >= 4 is 28.4 Å². The van der Waals surface area contributed by atoms with E-state index >= 15 is 0 Å². The normalized spacial score (nSPS) is 16.1. The molecule has 0 aliphatic heterocycles. The van der Waals surface area contributed by atoms with Gasteiger partial charge >= 0.3 is 0 Å². The molecule has 0 unspecified atom stereocenters. The van der Waals surface area contributed by atoms with E-state index in [1.54, 1.807) is 6.20 Å². The van der Waals surface area contributed by atoms with Crippen LogP contribution in [0.5, 0.6) is 0 Å². The lowest BCUT2D eigenvalue weighted by atomic mass is 10.0. The molecule has 2 aromatic rings. The molecule has 1 aromatic heterocycles. The second-order valence-electron chi connectivity index (χ2n) is 5.53. The second-order valence-corrected chi connectivity index (χ2v) is 5.91. The van der Waals surface area contributed by atoms with Gasteiger partial charge in [-0.15, -0.1) is 11.6 Å². The largest absolute Gasteiger partial charge is 0.351 e. The number of amides is 1. The van der Waals surface area contributed by atoms with Crippen LogP contribution in [-0.2, 0) is 0 Å².